The molecule has 0 amide bonds. The van der Waals surface area contributed by atoms with Gasteiger partial charge < -0.3 is 19.3 Å². The predicted molar refractivity (Wildman–Crippen MR) is 48.4 cm³/mol. The molecule has 0 aromatic rings. The third-order valence-electron chi connectivity index (χ3n) is 1.06. The van der Waals surface area contributed by atoms with Crippen LogP contribution in [0.15, 0.2) is 0 Å². The van der Waals surface area contributed by atoms with Gasteiger partial charge in [-0.15, -0.1) is 0 Å². The number of hydrogen-bond donors (Lipinski definition) is 1. The summed E-state index contributed by atoms with van der Waals surface area (Å²) in [5, 5.41) is 8.28. The summed E-state index contributed by atoms with van der Waals surface area (Å²) in [7, 11) is 1.61. The van der Waals surface area contributed by atoms with Crippen LogP contribution in [-0.2, 0) is 14.2 Å². The molecule has 0 bridgehead atoms. The van der Waals surface area contributed by atoms with E-state index in [9.17, 15) is 0 Å². The number of ether oxygens (including phenoxy) is 3. The Morgan fingerprint density at radius 1 is 1.33 bits per heavy atom. The lowest BCUT2D eigenvalue weighted by Gasteiger charge is -2.09. The zero-order valence-corrected chi connectivity index (χ0v) is 8.75. The molecule has 0 aliphatic heterocycles. The second-order valence-corrected chi connectivity index (χ2v) is 3.09. The maximum atomic E-state index is 8.36. The van der Waals surface area contributed by atoms with E-state index in [4.69, 9.17) is 19.3 Å². The minimum absolute atomic E-state index is 0.0514. The molecule has 1 unspecified atom stereocenters. The van der Waals surface area contributed by atoms with Gasteiger partial charge in [0.05, 0.1) is 33.0 Å². The van der Waals surface area contributed by atoms with E-state index in [1.165, 1.54) is 0 Å². The number of methoxy groups -OCH3 is 1. The summed E-state index contributed by atoms with van der Waals surface area (Å²) in [5.74, 6) is 0. The topological polar surface area (TPSA) is 47.9 Å². The Kier molecular flexibility index (Phi) is 9.66. The second kappa shape index (κ2) is 9.41. The van der Waals surface area contributed by atoms with Crippen molar-refractivity contribution in [2.45, 2.75) is 5.01 Å². The molecule has 0 saturated carbocycles. The lowest BCUT2D eigenvalue weighted by Crippen LogP contribution is -2.15. The Balaban J connectivity index is 2.97. The van der Waals surface area contributed by atoms with Gasteiger partial charge in [-0.25, -0.2) is 0 Å². The summed E-state index contributed by atoms with van der Waals surface area (Å²) in [5.41, 5.74) is 0. The average Bonchev–Trinajstić information content (AvgIpc) is 2.05. The van der Waals surface area contributed by atoms with Crippen molar-refractivity contribution in [3.05, 3.63) is 0 Å². The van der Waals surface area contributed by atoms with E-state index >= 15 is 0 Å². The Morgan fingerprint density at radius 3 is 2.67 bits per heavy atom. The van der Waals surface area contributed by atoms with E-state index in [2.05, 4.69) is 15.9 Å². The summed E-state index contributed by atoms with van der Waals surface area (Å²) in [4.78, 5) is 0. The van der Waals surface area contributed by atoms with Crippen molar-refractivity contribution in [2.75, 3.05) is 40.1 Å². The third kappa shape index (κ3) is 8.42. The van der Waals surface area contributed by atoms with Crippen LogP contribution in [0.1, 0.15) is 0 Å². The molecule has 0 aliphatic rings. The van der Waals surface area contributed by atoms with Crippen molar-refractivity contribution in [1.82, 2.24) is 0 Å². The van der Waals surface area contributed by atoms with Crippen LogP contribution in [0.2, 0.25) is 0 Å². The Labute approximate surface area is 80.9 Å². The molecule has 4 nitrogen and oxygen atoms in total. The Bertz CT molecular complexity index is 91.5. The quantitative estimate of drug-likeness (QED) is 0.494. The molecule has 0 rings (SSSR count). The number of aliphatic hydroxyl groups excluding tert-OH is 1. The van der Waals surface area contributed by atoms with Crippen LogP contribution >= 0.6 is 15.9 Å². The lowest BCUT2D eigenvalue weighted by atomic mass is 10.7. The zero-order valence-electron chi connectivity index (χ0n) is 7.16. The van der Waals surface area contributed by atoms with Crippen LogP contribution in [0.3, 0.4) is 0 Å². The predicted octanol–water partition coefficient (Wildman–Crippen LogP) is 0.379. The molecule has 74 valence electrons. The third-order valence-corrected chi connectivity index (χ3v) is 1.59. The molecule has 5 heteroatoms. The molecule has 0 saturated heterocycles. The molecular weight excluding hydrogens is 228 g/mol. The summed E-state index contributed by atoms with van der Waals surface area (Å²) >= 11 is 3.26. The van der Waals surface area contributed by atoms with E-state index in [1.807, 2.05) is 0 Å². The first-order valence-corrected chi connectivity index (χ1v) is 4.66. The van der Waals surface area contributed by atoms with Gasteiger partial charge in [0, 0.05) is 7.11 Å². The van der Waals surface area contributed by atoms with Crippen LogP contribution in [0.5, 0.6) is 0 Å². The van der Waals surface area contributed by atoms with Crippen molar-refractivity contribution in [1.29, 1.82) is 0 Å². The average molecular weight is 243 g/mol. The largest absolute Gasteiger partial charge is 0.394 e. The molecule has 0 aromatic heterocycles. The second-order valence-electron chi connectivity index (χ2n) is 2.07. The summed E-state index contributed by atoms with van der Waals surface area (Å²) in [6.07, 6.45) is 0. The highest BCUT2D eigenvalue weighted by atomic mass is 79.9. The van der Waals surface area contributed by atoms with Crippen LogP contribution in [0.4, 0.5) is 0 Å². The number of halogens is 1. The maximum Gasteiger partial charge on any atom is 0.135 e. The molecule has 1 N–H and O–H groups in total. The highest BCUT2D eigenvalue weighted by molar-refractivity contribution is 9.09. The van der Waals surface area contributed by atoms with Crippen molar-refractivity contribution < 1.29 is 19.3 Å². The van der Waals surface area contributed by atoms with Crippen LogP contribution < -0.4 is 0 Å². The summed E-state index contributed by atoms with van der Waals surface area (Å²) in [6.45, 7) is 1.92. The SMILES string of the molecule is COCC(Br)OCCOCCO. The molecule has 0 aromatic carbocycles. The minimum Gasteiger partial charge on any atom is -0.394 e. The van der Waals surface area contributed by atoms with Gasteiger partial charge in [-0.05, 0) is 0 Å². The standard InChI is InChI=1S/C7H15BrO4/c1-10-6-7(8)12-5-4-11-3-2-9/h7,9H,2-6H2,1H3. The fourth-order valence-corrected chi connectivity index (χ4v) is 1.03. The van der Waals surface area contributed by atoms with Gasteiger partial charge in [0.1, 0.15) is 5.01 Å². The van der Waals surface area contributed by atoms with Crippen molar-refractivity contribution >= 4 is 15.9 Å². The maximum absolute atomic E-state index is 8.36. The Hall–Kier alpha value is 0.320. The zero-order chi connectivity index (χ0) is 9.23. The van der Waals surface area contributed by atoms with E-state index in [1.54, 1.807) is 7.11 Å². The van der Waals surface area contributed by atoms with Crippen molar-refractivity contribution in [3.63, 3.8) is 0 Å². The van der Waals surface area contributed by atoms with Gasteiger partial charge in [0.25, 0.3) is 0 Å². The number of aliphatic hydroxyl groups is 1. The summed E-state index contributed by atoms with van der Waals surface area (Å²) in [6, 6.07) is 0. The van der Waals surface area contributed by atoms with Crippen LogP contribution in [0, 0.1) is 0 Å². The number of rotatable bonds is 8. The highest BCUT2D eigenvalue weighted by Gasteiger charge is 2.01. The van der Waals surface area contributed by atoms with Gasteiger partial charge in [-0.2, -0.15) is 0 Å². The first-order chi connectivity index (χ1) is 5.81. The molecule has 12 heavy (non-hydrogen) atoms. The van der Waals surface area contributed by atoms with Crippen molar-refractivity contribution in [3.8, 4) is 0 Å². The molecule has 0 aliphatic carbocycles. The van der Waals surface area contributed by atoms with E-state index in [-0.39, 0.29) is 11.6 Å². The monoisotopic (exact) mass is 242 g/mol. The van der Waals surface area contributed by atoms with Crippen molar-refractivity contribution in [2.24, 2.45) is 0 Å². The molecule has 1 atom stereocenters. The van der Waals surface area contributed by atoms with Crippen LogP contribution in [-0.4, -0.2) is 50.3 Å². The number of alkyl halides is 1. The molecule has 0 radical (unpaired) electrons. The number of hydrogen-bond acceptors (Lipinski definition) is 4. The normalized spacial score (nSPS) is 13.2. The van der Waals surface area contributed by atoms with Gasteiger partial charge in [-0.1, -0.05) is 15.9 Å². The van der Waals surface area contributed by atoms with E-state index in [0.717, 1.165) is 0 Å². The molecule has 0 spiro atoms. The molecule has 0 fully saturated rings. The van der Waals surface area contributed by atoms with Crippen LogP contribution in [0.25, 0.3) is 0 Å². The van der Waals surface area contributed by atoms with Gasteiger partial charge in [0.2, 0.25) is 0 Å². The first kappa shape index (κ1) is 12.3. The van der Waals surface area contributed by atoms with Gasteiger partial charge >= 0.3 is 0 Å². The molecule has 0 heterocycles. The minimum atomic E-state index is -0.0831. The first-order valence-electron chi connectivity index (χ1n) is 3.74. The Morgan fingerprint density at radius 2 is 2.08 bits per heavy atom. The molecular formula is C7H15BrO4. The fraction of sp³-hybridized carbons (Fsp3) is 1.00. The van der Waals surface area contributed by atoms with Gasteiger partial charge in [-0.3, -0.25) is 0 Å². The van der Waals surface area contributed by atoms with E-state index < -0.39 is 0 Å². The fourth-order valence-electron chi connectivity index (χ4n) is 0.581. The lowest BCUT2D eigenvalue weighted by molar-refractivity contribution is 0.00555. The summed E-state index contributed by atoms with van der Waals surface area (Å²) < 4.78 is 15.0. The van der Waals surface area contributed by atoms with E-state index in [0.29, 0.717) is 26.4 Å². The van der Waals surface area contributed by atoms with Gasteiger partial charge in [0.15, 0.2) is 0 Å². The smallest absolute Gasteiger partial charge is 0.135 e. The highest BCUT2D eigenvalue weighted by Crippen LogP contribution is 2.00.